The number of ketones is 1. The molecule has 1 aliphatic carbocycles. The zero-order chi connectivity index (χ0) is 20.2. The van der Waals surface area contributed by atoms with E-state index in [2.05, 4.69) is 26.0 Å². The Hall–Kier alpha value is -3.17. The summed E-state index contributed by atoms with van der Waals surface area (Å²) >= 11 is 0. The average molecular weight is 382 g/mol. The SMILES string of the molecule is CC1(C)c2ccc(-c3ccc(CCO)cc3)cc2C(=O)c2c1oc1ccccc21. The monoisotopic (exact) mass is 382 g/mol. The van der Waals surface area contributed by atoms with Crippen LogP contribution in [0.25, 0.3) is 22.1 Å². The van der Waals surface area contributed by atoms with Crippen molar-refractivity contribution in [3.8, 4) is 11.1 Å². The van der Waals surface area contributed by atoms with Crippen molar-refractivity contribution in [3.63, 3.8) is 0 Å². The van der Waals surface area contributed by atoms with Crippen LogP contribution in [0.15, 0.2) is 71.1 Å². The Balaban J connectivity index is 1.66. The lowest BCUT2D eigenvalue weighted by molar-refractivity contribution is 0.102. The van der Waals surface area contributed by atoms with Crippen molar-refractivity contribution in [1.29, 1.82) is 0 Å². The molecule has 1 heterocycles. The topological polar surface area (TPSA) is 50.4 Å². The summed E-state index contributed by atoms with van der Waals surface area (Å²) in [5.74, 6) is 0.773. The lowest BCUT2D eigenvalue weighted by Gasteiger charge is -2.30. The second-order valence-corrected chi connectivity index (χ2v) is 8.19. The molecule has 0 bridgehead atoms. The lowest BCUT2D eigenvalue weighted by atomic mass is 9.71. The molecule has 3 aromatic carbocycles. The van der Waals surface area contributed by atoms with E-state index in [0.29, 0.717) is 12.0 Å². The van der Waals surface area contributed by atoms with Crippen LogP contribution in [0.3, 0.4) is 0 Å². The molecule has 144 valence electrons. The van der Waals surface area contributed by atoms with Gasteiger partial charge in [-0.3, -0.25) is 4.79 Å². The average Bonchev–Trinajstić information content (AvgIpc) is 3.14. The maximum absolute atomic E-state index is 13.5. The minimum absolute atomic E-state index is 0.0259. The summed E-state index contributed by atoms with van der Waals surface area (Å²) in [4.78, 5) is 13.5. The minimum atomic E-state index is -0.388. The summed E-state index contributed by atoms with van der Waals surface area (Å²) in [7, 11) is 0. The number of hydrogen-bond acceptors (Lipinski definition) is 3. The molecule has 1 N–H and O–H groups in total. The van der Waals surface area contributed by atoms with Crippen LogP contribution in [0.5, 0.6) is 0 Å². The fourth-order valence-corrected chi connectivity index (χ4v) is 4.42. The Bertz CT molecular complexity index is 1240. The largest absolute Gasteiger partial charge is 0.459 e. The lowest BCUT2D eigenvalue weighted by Crippen LogP contribution is -2.29. The van der Waals surface area contributed by atoms with E-state index in [1.807, 2.05) is 54.6 Å². The first-order valence-corrected chi connectivity index (χ1v) is 9.92. The molecule has 0 fully saturated rings. The highest BCUT2D eigenvalue weighted by Crippen LogP contribution is 2.46. The maximum atomic E-state index is 13.5. The fourth-order valence-electron chi connectivity index (χ4n) is 4.42. The van der Waals surface area contributed by atoms with E-state index in [0.717, 1.165) is 44.5 Å². The second kappa shape index (κ2) is 6.43. The van der Waals surface area contributed by atoms with Gasteiger partial charge in [-0.15, -0.1) is 0 Å². The third-order valence-electron chi connectivity index (χ3n) is 6.02. The molecule has 0 aliphatic heterocycles. The van der Waals surface area contributed by atoms with Crippen molar-refractivity contribution in [2.75, 3.05) is 6.61 Å². The highest BCUT2D eigenvalue weighted by Gasteiger charge is 2.41. The molecule has 29 heavy (non-hydrogen) atoms. The van der Waals surface area contributed by atoms with E-state index in [1.54, 1.807) is 0 Å². The first-order chi connectivity index (χ1) is 14.0. The molecule has 0 unspecified atom stereocenters. The maximum Gasteiger partial charge on any atom is 0.197 e. The Morgan fingerprint density at radius 3 is 2.41 bits per heavy atom. The van der Waals surface area contributed by atoms with Crippen molar-refractivity contribution < 1.29 is 14.3 Å². The van der Waals surface area contributed by atoms with Crippen LogP contribution in [0, 0.1) is 0 Å². The summed E-state index contributed by atoms with van der Waals surface area (Å²) in [6.45, 7) is 4.37. The summed E-state index contributed by atoms with van der Waals surface area (Å²) in [6.07, 6.45) is 0.646. The number of fused-ring (bicyclic) bond motifs is 4. The number of furan rings is 1. The number of rotatable bonds is 3. The summed E-state index contributed by atoms with van der Waals surface area (Å²) in [5, 5.41) is 9.99. The molecule has 5 rings (SSSR count). The van der Waals surface area contributed by atoms with Crippen molar-refractivity contribution in [3.05, 3.63) is 94.7 Å². The zero-order valence-electron chi connectivity index (χ0n) is 16.5. The van der Waals surface area contributed by atoms with Crippen LogP contribution in [-0.2, 0) is 11.8 Å². The van der Waals surface area contributed by atoms with Gasteiger partial charge in [-0.1, -0.05) is 54.6 Å². The van der Waals surface area contributed by atoms with Gasteiger partial charge in [-0.25, -0.2) is 0 Å². The Morgan fingerprint density at radius 2 is 1.66 bits per heavy atom. The molecule has 0 amide bonds. The predicted octanol–water partition coefficient (Wildman–Crippen LogP) is 5.50. The zero-order valence-corrected chi connectivity index (χ0v) is 16.5. The van der Waals surface area contributed by atoms with Crippen molar-refractivity contribution in [2.24, 2.45) is 0 Å². The van der Waals surface area contributed by atoms with E-state index in [4.69, 9.17) is 9.52 Å². The number of benzene rings is 3. The van der Waals surface area contributed by atoms with Gasteiger partial charge in [-0.05, 0) is 54.7 Å². The molecular weight excluding hydrogens is 360 g/mol. The standard InChI is InChI=1S/C26H22O3/c1-26(2)21-12-11-18(17-9-7-16(8-10-17)13-14-27)15-20(21)24(28)23-19-5-3-4-6-22(19)29-25(23)26/h3-12,15,27H,13-14H2,1-2H3. The third kappa shape index (κ3) is 2.65. The summed E-state index contributed by atoms with van der Waals surface area (Å²) in [6, 6.07) is 22.0. The third-order valence-corrected chi connectivity index (χ3v) is 6.02. The molecule has 0 saturated heterocycles. The number of hydrogen-bond donors (Lipinski definition) is 1. The first kappa shape index (κ1) is 17.9. The van der Waals surface area contributed by atoms with Gasteiger partial charge in [0.1, 0.15) is 11.3 Å². The molecule has 3 nitrogen and oxygen atoms in total. The van der Waals surface area contributed by atoms with Crippen LogP contribution in [-0.4, -0.2) is 17.5 Å². The molecule has 4 aromatic rings. The van der Waals surface area contributed by atoms with E-state index in [1.165, 1.54) is 0 Å². The van der Waals surface area contributed by atoms with Crippen LogP contribution in [0.4, 0.5) is 0 Å². The van der Waals surface area contributed by atoms with Gasteiger partial charge in [0.05, 0.1) is 5.56 Å². The van der Waals surface area contributed by atoms with Crippen LogP contribution >= 0.6 is 0 Å². The van der Waals surface area contributed by atoms with E-state index in [-0.39, 0.29) is 17.8 Å². The molecule has 1 aromatic heterocycles. The molecule has 3 heteroatoms. The Labute approximate surface area is 169 Å². The van der Waals surface area contributed by atoms with Gasteiger partial charge < -0.3 is 9.52 Å². The van der Waals surface area contributed by atoms with Gasteiger partial charge in [0.15, 0.2) is 5.78 Å². The molecular formula is C26H22O3. The van der Waals surface area contributed by atoms with Gasteiger partial charge in [0.25, 0.3) is 0 Å². The molecule has 0 radical (unpaired) electrons. The quantitative estimate of drug-likeness (QED) is 0.509. The number of carbonyl (C=O) groups excluding carboxylic acids is 1. The van der Waals surface area contributed by atoms with Crippen LogP contribution < -0.4 is 0 Å². The molecule has 0 saturated carbocycles. The van der Waals surface area contributed by atoms with E-state index >= 15 is 0 Å². The minimum Gasteiger partial charge on any atom is -0.459 e. The second-order valence-electron chi connectivity index (χ2n) is 8.19. The number of para-hydroxylation sites is 1. The van der Waals surface area contributed by atoms with Gasteiger partial charge >= 0.3 is 0 Å². The normalized spacial score (nSPS) is 14.7. The van der Waals surface area contributed by atoms with Crippen molar-refractivity contribution in [2.45, 2.75) is 25.7 Å². The van der Waals surface area contributed by atoms with Crippen molar-refractivity contribution >= 4 is 16.8 Å². The van der Waals surface area contributed by atoms with Gasteiger partial charge in [0, 0.05) is 23.0 Å². The highest BCUT2D eigenvalue weighted by atomic mass is 16.3. The van der Waals surface area contributed by atoms with Crippen molar-refractivity contribution in [1.82, 2.24) is 0 Å². The first-order valence-electron chi connectivity index (χ1n) is 9.92. The summed E-state index contributed by atoms with van der Waals surface area (Å²) < 4.78 is 6.14. The Kier molecular flexibility index (Phi) is 3.97. The van der Waals surface area contributed by atoms with Crippen LogP contribution in [0.1, 0.15) is 46.7 Å². The highest BCUT2D eigenvalue weighted by molar-refractivity contribution is 6.19. The number of aliphatic hydroxyl groups excluding tert-OH is 1. The van der Waals surface area contributed by atoms with Gasteiger partial charge in [0.2, 0.25) is 0 Å². The van der Waals surface area contributed by atoms with Gasteiger partial charge in [-0.2, -0.15) is 0 Å². The van der Waals surface area contributed by atoms with Crippen LogP contribution in [0.2, 0.25) is 0 Å². The smallest absolute Gasteiger partial charge is 0.197 e. The van der Waals surface area contributed by atoms with E-state index in [9.17, 15) is 4.79 Å². The Morgan fingerprint density at radius 1 is 0.931 bits per heavy atom. The molecule has 1 aliphatic rings. The van der Waals surface area contributed by atoms with E-state index < -0.39 is 0 Å². The predicted molar refractivity (Wildman–Crippen MR) is 114 cm³/mol. The summed E-state index contributed by atoms with van der Waals surface area (Å²) in [5.41, 5.74) is 5.96. The molecule has 0 atom stereocenters. The molecule has 0 spiro atoms. The number of aliphatic hydroxyl groups is 1. The fraction of sp³-hybridized carbons (Fsp3) is 0.192. The number of carbonyl (C=O) groups is 1.